The summed E-state index contributed by atoms with van der Waals surface area (Å²) in [5.74, 6) is 1.29. The molecular weight excluding hydrogens is 366 g/mol. The standard InChI is InChI=1S/C20H18ClN3O3/c21-14-1-2-15(23-10-14)13-26-18-7-8-24(20(25)9-18)16-3-5-17(6-4-16)27-19-11-22-12-19/h1-10,19,22H,11-13H2. The molecule has 0 radical (unpaired) electrons. The first-order valence-electron chi connectivity index (χ1n) is 8.61. The Hall–Kier alpha value is -2.83. The number of nitrogens with zero attached hydrogens (tertiary/aromatic N) is 2. The molecule has 1 aliphatic rings. The number of pyridine rings is 2. The third-order valence-electron chi connectivity index (χ3n) is 4.23. The van der Waals surface area contributed by atoms with Crippen LogP contribution in [-0.4, -0.2) is 28.7 Å². The number of rotatable bonds is 6. The van der Waals surface area contributed by atoms with Crippen molar-refractivity contribution in [1.29, 1.82) is 0 Å². The summed E-state index contributed by atoms with van der Waals surface area (Å²) in [6.07, 6.45) is 3.48. The molecular formula is C20H18ClN3O3. The third kappa shape index (κ3) is 4.30. The predicted molar refractivity (Wildman–Crippen MR) is 103 cm³/mol. The van der Waals surface area contributed by atoms with Crippen LogP contribution in [0.3, 0.4) is 0 Å². The smallest absolute Gasteiger partial charge is 0.258 e. The molecule has 0 aliphatic carbocycles. The van der Waals surface area contributed by atoms with Gasteiger partial charge in [-0.1, -0.05) is 11.6 Å². The molecule has 0 atom stereocenters. The highest BCUT2D eigenvalue weighted by Crippen LogP contribution is 2.18. The summed E-state index contributed by atoms with van der Waals surface area (Å²) in [5, 5.41) is 3.73. The Morgan fingerprint density at radius 1 is 1.11 bits per heavy atom. The van der Waals surface area contributed by atoms with Crippen LogP contribution in [0.2, 0.25) is 5.02 Å². The minimum absolute atomic E-state index is 0.173. The minimum Gasteiger partial charge on any atom is -0.488 e. The highest BCUT2D eigenvalue weighted by Gasteiger charge is 2.18. The minimum atomic E-state index is -0.173. The molecule has 0 bridgehead atoms. The van der Waals surface area contributed by atoms with Gasteiger partial charge in [-0.2, -0.15) is 0 Å². The van der Waals surface area contributed by atoms with E-state index in [1.807, 2.05) is 24.3 Å². The Morgan fingerprint density at radius 3 is 2.56 bits per heavy atom. The molecule has 2 aromatic heterocycles. The quantitative estimate of drug-likeness (QED) is 0.709. The summed E-state index contributed by atoms with van der Waals surface area (Å²) in [4.78, 5) is 16.6. The van der Waals surface area contributed by atoms with E-state index < -0.39 is 0 Å². The summed E-state index contributed by atoms with van der Waals surface area (Å²) in [6, 6.07) is 14.2. The molecule has 3 aromatic rings. The van der Waals surface area contributed by atoms with E-state index in [0.717, 1.165) is 30.2 Å². The van der Waals surface area contributed by atoms with Gasteiger partial charge >= 0.3 is 0 Å². The normalized spacial score (nSPS) is 13.8. The van der Waals surface area contributed by atoms with E-state index >= 15 is 0 Å². The predicted octanol–water partition coefficient (Wildman–Crippen LogP) is 2.82. The maximum atomic E-state index is 12.4. The van der Waals surface area contributed by atoms with Gasteiger partial charge in [0.2, 0.25) is 0 Å². The maximum Gasteiger partial charge on any atom is 0.258 e. The highest BCUT2D eigenvalue weighted by molar-refractivity contribution is 6.30. The van der Waals surface area contributed by atoms with E-state index in [1.165, 1.54) is 6.07 Å². The van der Waals surface area contributed by atoms with E-state index in [0.29, 0.717) is 10.8 Å². The Balaban J connectivity index is 1.43. The second kappa shape index (κ2) is 7.82. The molecule has 4 rings (SSSR count). The Bertz CT molecular complexity index is 967. The SMILES string of the molecule is O=c1cc(OCc2ccc(Cl)cn2)ccn1-c1ccc(OC2CNC2)cc1. The molecule has 0 unspecified atom stereocenters. The van der Waals surface area contributed by atoms with E-state index in [4.69, 9.17) is 21.1 Å². The Morgan fingerprint density at radius 2 is 1.93 bits per heavy atom. The number of benzene rings is 1. The first kappa shape index (κ1) is 17.6. The van der Waals surface area contributed by atoms with Gasteiger partial charge in [0.1, 0.15) is 24.2 Å². The van der Waals surface area contributed by atoms with Crippen molar-refractivity contribution < 1.29 is 9.47 Å². The fraction of sp³-hybridized carbons (Fsp3) is 0.200. The van der Waals surface area contributed by atoms with Gasteiger partial charge in [-0.15, -0.1) is 0 Å². The van der Waals surface area contributed by atoms with E-state index in [9.17, 15) is 4.79 Å². The fourth-order valence-electron chi connectivity index (χ4n) is 2.64. The molecule has 7 heteroatoms. The van der Waals surface area contributed by atoms with E-state index in [-0.39, 0.29) is 18.3 Å². The number of ether oxygens (including phenoxy) is 2. The zero-order valence-electron chi connectivity index (χ0n) is 14.5. The lowest BCUT2D eigenvalue weighted by Crippen LogP contribution is -2.50. The molecule has 138 valence electrons. The average Bonchev–Trinajstić information content (AvgIpc) is 2.65. The number of nitrogens with one attached hydrogen (secondary N) is 1. The molecule has 1 N–H and O–H groups in total. The third-order valence-corrected chi connectivity index (χ3v) is 4.45. The molecule has 0 spiro atoms. The van der Waals surface area contributed by atoms with Gasteiger partial charge in [0.25, 0.3) is 5.56 Å². The summed E-state index contributed by atoms with van der Waals surface area (Å²) in [6.45, 7) is 2.01. The number of aromatic nitrogens is 2. The molecule has 1 saturated heterocycles. The topological polar surface area (TPSA) is 65.4 Å². The monoisotopic (exact) mass is 383 g/mol. The van der Waals surface area contributed by atoms with Crippen molar-refractivity contribution in [1.82, 2.24) is 14.9 Å². The van der Waals surface area contributed by atoms with E-state index in [2.05, 4.69) is 10.3 Å². The lowest BCUT2D eigenvalue weighted by molar-refractivity contribution is 0.142. The van der Waals surface area contributed by atoms with Gasteiger partial charge in [0.05, 0.1) is 10.7 Å². The molecule has 1 aromatic carbocycles. The largest absolute Gasteiger partial charge is 0.488 e. The van der Waals surface area contributed by atoms with Gasteiger partial charge in [0.15, 0.2) is 0 Å². The first-order chi connectivity index (χ1) is 13.2. The molecule has 1 aliphatic heterocycles. The molecule has 3 heterocycles. The molecule has 0 saturated carbocycles. The van der Waals surface area contributed by atoms with Crippen molar-refractivity contribution in [3.63, 3.8) is 0 Å². The van der Waals surface area contributed by atoms with Crippen molar-refractivity contribution in [2.24, 2.45) is 0 Å². The van der Waals surface area contributed by atoms with Crippen molar-refractivity contribution in [3.8, 4) is 17.2 Å². The van der Waals surface area contributed by atoms with Crippen molar-refractivity contribution in [2.45, 2.75) is 12.7 Å². The van der Waals surface area contributed by atoms with Crippen LogP contribution < -0.4 is 20.3 Å². The second-order valence-electron chi connectivity index (χ2n) is 6.22. The highest BCUT2D eigenvalue weighted by atomic mass is 35.5. The van der Waals surface area contributed by atoms with Crippen LogP contribution >= 0.6 is 11.6 Å². The van der Waals surface area contributed by atoms with Gasteiger partial charge < -0.3 is 14.8 Å². The van der Waals surface area contributed by atoms with Crippen LogP contribution in [0.15, 0.2) is 65.7 Å². The zero-order chi connectivity index (χ0) is 18.6. The molecule has 27 heavy (non-hydrogen) atoms. The van der Waals surface area contributed by atoms with Crippen LogP contribution in [0.25, 0.3) is 5.69 Å². The average molecular weight is 384 g/mol. The second-order valence-corrected chi connectivity index (χ2v) is 6.66. The molecule has 1 fully saturated rings. The molecule has 6 nitrogen and oxygen atoms in total. The lowest BCUT2D eigenvalue weighted by Gasteiger charge is -2.27. The summed E-state index contributed by atoms with van der Waals surface area (Å²) < 4.78 is 13.0. The number of hydrogen-bond acceptors (Lipinski definition) is 5. The lowest BCUT2D eigenvalue weighted by atomic mass is 10.2. The van der Waals surface area contributed by atoms with Crippen molar-refractivity contribution in [2.75, 3.05) is 13.1 Å². The summed E-state index contributed by atoms with van der Waals surface area (Å²) in [5.41, 5.74) is 1.33. The van der Waals surface area contributed by atoms with Gasteiger partial charge in [-0.25, -0.2) is 0 Å². The van der Waals surface area contributed by atoms with Crippen LogP contribution in [0.1, 0.15) is 5.69 Å². The number of hydrogen-bond donors (Lipinski definition) is 1. The zero-order valence-corrected chi connectivity index (χ0v) is 15.2. The van der Waals surface area contributed by atoms with Crippen LogP contribution in [0.4, 0.5) is 0 Å². The number of halogens is 1. The fourth-order valence-corrected chi connectivity index (χ4v) is 2.75. The molecule has 0 amide bonds. The van der Waals surface area contributed by atoms with Crippen LogP contribution in [-0.2, 0) is 6.61 Å². The van der Waals surface area contributed by atoms with E-state index in [1.54, 1.807) is 35.2 Å². The van der Waals surface area contributed by atoms with Gasteiger partial charge in [-0.05, 0) is 42.5 Å². The van der Waals surface area contributed by atoms with Crippen molar-refractivity contribution >= 4 is 11.6 Å². The van der Waals surface area contributed by atoms with Gasteiger partial charge in [-0.3, -0.25) is 14.3 Å². The maximum absolute atomic E-state index is 12.4. The summed E-state index contributed by atoms with van der Waals surface area (Å²) in [7, 11) is 0. The van der Waals surface area contributed by atoms with Gasteiger partial charge in [0, 0.05) is 37.2 Å². The Labute approximate surface area is 161 Å². The van der Waals surface area contributed by atoms with Crippen LogP contribution in [0.5, 0.6) is 11.5 Å². The van der Waals surface area contributed by atoms with Crippen LogP contribution in [0, 0.1) is 0 Å². The van der Waals surface area contributed by atoms with Crippen molar-refractivity contribution in [3.05, 3.63) is 82.0 Å². The summed E-state index contributed by atoms with van der Waals surface area (Å²) >= 11 is 5.81. The Kier molecular flexibility index (Phi) is 5.09. The first-order valence-corrected chi connectivity index (χ1v) is 8.99.